The lowest BCUT2D eigenvalue weighted by Crippen LogP contribution is -2.57. The van der Waals surface area contributed by atoms with Gasteiger partial charge in [-0.15, -0.1) is 0 Å². The van der Waals surface area contributed by atoms with E-state index in [0.29, 0.717) is 24.6 Å². The summed E-state index contributed by atoms with van der Waals surface area (Å²) in [5, 5.41) is 9.66. The van der Waals surface area contributed by atoms with Crippen LogP contribution in [0.2, 0.25) is 5.02 Å². The van der Waals surface area contributed by atoms with Crippen LogP contribution in [0.1, 0.15) is 36.0 Å². The summed E-state index contributed by atoms with van der Waals surface area (Å²) in [7, 11) is 1.81. The number of halogens is 2. The van der Waals surface area contributed by atoms with Gasteiger partial charge in [-0.05, 0) is 37.0 Å². The molecule has 1 unspecified atom stereocenters. The Bertz CT molecular complexity index is 601. The number of β-amino-alcohol motifs (C(OH)–C–C–N with tert-alkyl or cyclic N) is 1. The fraction of sp³-hybridized carbons (Fsp3) is 0.611. The predicted molar refractivity (Wildman–Crippen MR) is 91.7 cm³/mol. The summed E-state index contributed by atoms with van der Waals surface area (Å²) in [6.07, 6.45) is 4.39. The molecule has 1 atom stereocenters. The van der Waals surface area contributed by atoms with Crippen LogP contribution in [-0.2, 0) is 0 Å². The van der Waals surface area contributed by atoms with Gasteiger partial charge in [0.25, 0.3) is 5.91 Å². The molecule has 1 aliphatic carbocycles. The van der Waals surface area contributed by atoms with E-state index in [1.807, 2.05) is 0 Å². The normalized spacial score (nSPS) is 20.8. The summed E-state index contributed by atoms with van der Waals surface area (Å²) in [5.74, 6) is -0.144. The fourth-order valence-electron chi connectivity index (χ4n) is 3.89. The quantitative estimate of drug-likeness (QED) is 0.884. The average Bonchev–Trinajstić information content (AvgIpc) is 3.03. The molecule has 1 aliphatic heterocycles. The number of likely N-dealkylation sites (N-methyl/N-ethyl adjacent to an activating group) is 1. The first kappa shape index (κ1) is 17.6. The van der Waals surface area contributed by atoms with E-state index < -0.39 is 5.82 Å². The molecule has 1 N–H and O–H groups in total. The molecule has 6 heteroatoms. The first-order valence-electron chi connectivity index (χ1n) is 8.58. The maximum absolute atomic E-state index is 13.2. The maximum Gasteiger partial charge on any atom is 0.255 e. The molecular weight excluding hydrogens is 331 g/mol. The van der Waals surface area contributed by atoms with Gasteiger partial charge in [0.1, 0.15) is 5.82 Å². The smallest absolute Gasteiger partial charge is 0.255 e. The zero-order valence-corrected chi connectivity index (χ0v) is 14.7. The Kier molecular flexibility index (Phi) is 5.42. The molecular formula is C18H24ClFN2O2. The number of benzene rings is 1. The minimum atomic E-state index is -0.443. The molecule has 0 aromatic heterocycles. The molecule has 2 fully saturated rings. The number of rotatable bonds is 5. The Hall–Kier alpha value is -1.17. The largest absolute Gasteiger partial charge is 0.390 e. The number of nitrogens with zero attached hydrogens (tertiary/aromatic N) is 2. The number of carbonyl (C=O) groups excluding carboxylic acids is 1. The van der Waals surface area contributed by atoms with E-state index in [9.17, 15) is 14.3 Å². The minimum absolute atomic E-state index is 0.0913. The van der Waals surface area contributed by atoms with Crippen molar-refractivity contribution in [1.29, 1.82) is 0 Å². The maximum atomic E-state index is 13.2. The van der Waals surface area contributed by atoms with Crippen molar-refractivity contribution in [3.63, 3.8) is 0 Å². The Morgan fingerprint density at radius 2 is 2.08 bits per heavy atom. The van der Waals surface area contributed by atoms with Crippen molar-refractivity contribution in [2.75, 3.05) is 26.7 Å². The molecule has 0 radical (unpaired) electrons. The van der Waals surface area contributed by atoms with Crippen molar-refractivity contribution in [1.82, 2.24) is 9.80 Å². The molecule has 3 rings (SSSR count). The van der Waals surface area contributed by atoms with Crippen LogP contribution >= 0.6 is 11.6 Å². The molecule has 0 bridgehead atoms. The second-order valence-electron chi connectivity index (χ2n) is 7.02. The molecule has 1 aromatic rings. The van der Waals surface area contributed by atoms with Crippen molar-refractivity contribution in [3.8, 4) is 0 Å². The van der Waals surface area contributed by atoms with Gasteiger partial charge in [-0.25, -0.2) is 4.39 Å². The van der Waals surface area contributed by atoms with E-state index in [2.05, 4.69) is 4.90 Å². The molecule has 0 spiro atoms. The topological polar surface area (TPSA) is 43.8 Å². The van der Waals surface area contributed by atoms with Crippen molar-refractivity contribution in [3.05, 3.63) is 34.6 Å². The van der Waals surface area contributed by atoms with E-state index in [4.69, 9.17) is 11.6 Å². The number of carbonyl (C=O) groups is 1. The Morgan fingerprint density at radius 3 is 2.67 bits per heavy atom. The van der Waals surface area contributed by atoms with Gasteiger partial charge < -0.3 is 10.0 Å². The highest BCUT2D eigenvalue weighted by molar-refractivity contribution is 6.33. The molecule has 132 valence electrons. The highest BCUT2D eigenvalue weighted by Gasteiger charge is 2.35. The number of amides is 1. The Labute approximate surface area is 147 Å². The number of hydrogen-bond donors (Lipinski definition) is 1. The molecule has 1 heterocycles. The zero-order valence-electron chi connectivity index (χ0n) is 13.9. The third-order valence-corrected chi connectivity index (χ3v) is 5.62. The molecule has 1 aromatic carbocycles. The summed E-state index contributed by atoms with van der Waals surface area (Å²) in [6.45, 7) is 2.11. The lowest BCUT2D eigenvalue weighted by atomic mass is 9.94. The van der Waals surface area contributed by atoms with Crippen LogP contribution in [-0.4, -0.2) is 59.6 Å². The summed E-state index contributed by atoms with van der Waals surface area (Å²) < 4.78 is 13.2. The number of aliphatic hydroxyl groups excluding tert-OH is 1. The van der Waals surface area contributed by atoms with E-state index in [1.54, 1.807) is 11.9 Å². The lowest BCUT2D eigenvalue weighted by molar-refractivity contribution is -0.0166. The lowest BCUT2D eigenvalue weighted by Gasteiger charge is -2.42. The molecule has 1 amide bonds. The molecule has 1 saturated carbocycles. The Balaban J connectivity index is 1.76. The first-order valence-corrected chi connectivity index (χ1v) is 8.96. The van der Waals surface area contributed by atoms with Crippen LogP contribution in [0.25, 0.3) is 0 Å². The van der Waals surface area contributed by atoms with Crippen molar-refractivity contribution < 1.29 is 14.3 Å². The second kappa shape index (κ2) is 7.38. The van der Waals surface area contributed by atoms with Crippen molar-refractivity contribution in [2.45, 2.75) is 37.8 Å². The fourth-order valence-corrected chi connectivity index (χ4v) is 4.14. The minimum Gasteiger partial charge on any atom is -0.390 e. The summed E-state index contributed by atoms with van der Waals surface area (Å²) in [6, 6.07) is 3.99. The second-order valence-corrected chi connectivity index (χ2v) is 7.43. The average molecular weight is 355 g/mol. The van der Waals surface area contributed by atoms with Crippen LogP contribution in [0.3, 0.4) is 0 Å². The van der Waals surface area contributed by atoms with Gasteiger partial charge in [-0.2, -0.15) is 0 Å². The molecule has 2 aliphatic rings. The Morgan fingerprint density at radius 1 is 1.42 bits per heavy atom. The van der Waals surface area contributed by atoms with E-state index in [-0.39, 0.29) is 23.1 Å². The highest BCUT2D eigenvalue weighted by atomic mass is 35.5. The molecule has 1 saturated heterocycles. The van der Waals surface area contributed by atoms with E-state index in [0.717, 1.165) is 19.4 Å². The van der Waals surface area contributed by atoms with Gasteiger partial charge >= 0.3 is 0 Å². The molecule has 24 heavy (non-hydrogen) atoms. The van der Waals surface area contributed by atoms with Crippen molar-refractivity contribution >= 4 is 17.5 Å². The van der Waals surface area contributed by atoms with Crippen LogP contribution < -0.4 is 0 Å². The summed E-state index contributed by atoms with van der Waals surface area (Å²) in [5.41, 5.74) is 0.340. The van der Waals surface area contributed by atoms with Crippen LogP contribution in [0.4, 0.5) is 4.39 Å². The van der Waals surface area contributed by atoms with Gasteiger partial charge in [-0.1, -0.05) is 24.4 Å². The van der Waals surface area contributed by atoms with Crippen LogP contribution in [0.5, 0.6) is 0 Å². The highest BCUT2D eigenvalue weighted by Crippen LogP contribution is 2.32. The predicted octanol–water partition coefficient (Wildman–Crippen LogP) is 2.79. The van der Waals surface area contributed by atoms with E-state index in [1.165, 1.54) is 31.0 Å². The monoisotopic (exact) mass is 354 g/mol. The number of aliphatic hydroxyl groups is 1. The third-order valence-electron chi connectivity index (χ3n) is 5.31. The van der Waals surface area contributed by atoms with Crippen LogP contribution in [0, 0.1) is 11.7 Å². The SMILES string of the molecule is CN(C(=O)c1ccc(F)cc1Cl)C(CN1CC(O)C1)C1CCCC1. The number of likely N-dealkylation sites (tertiary alicyclic amines) is 1. The standard InChI is InChI=1S/C18H24ClFN2O2/c1-21(18(24)15-7-6-13(20)8-16(15)19)17(12-4-2-3-5-12)11-22-9-14(23)10-22/h6-8,12,14,17,23H,2-5,9-11H2,1H3. The van der Waals surface area contributed by atoms with Crippen LogP contribution in [0.15, 0.2) is 18.2 Å². The summed E-state index contributed by atoms with van der Waals surface area (Å²) >= 11 is 6.07. The van der Waals surface area contributed by atoms with Gasteiger partial charge in [-0.3, -0.25) is 9.69 Å². The van der Waals surface area contributed by atoms with Gasteiger partial charge in [0.15, 0.2) is 0 Å². The van der Waals surface area contributed by atoms with E-state index >= 15 is 0 Å². The van der Waals surface area contributed by atoms with Crippen molar-refractivity contribution in [2.24, 2.45) is 5.92 Å². The van der Waals surface area contributed by atoms with Gasteiger partial charge in [0.05, 0.1) is 16.7 Å². The summed E-state index contributed by atoms with van der Waals surface area (Å²) in [4.78, 5) is 16.8. The molecule has 4 nitrogen and oxygen atoms in total. The van der Waals surface area contributed by atoms with Gasteiger partial charge in [0, 0.05) is 32.7 Å². The number of hydrogen-bond acceptors (Lipinski definition) is 3. The zero-order chi connectivity index (χ0) is 17.3. The van der Waals surface area contributed by atoms with Gasteiger partial charge in [0.2, 0.25) is 0 Å². The first-order chi connectivity index (χ1) is 11.5. The third kappa shape index (κ3) is 3.73.